The van der Waals surface area contributed by atoms with Crippen LogP contribution in [-0.2, 0) is 23.9 Å². The predicted molar refractivity (Wildman–Crippen MR) is 135 cm³/mol. The van der Waals surface area contributed by atoms with E-state index in [0.29, 0.717) is 10.0 Å². The molecule has 0 aliphatic carbocycles. The first kappa shape index (κ1) is 31.5. The summed E-state index contributed by atoms with van der Waals surface area (Å²) in [5, 5.41) is 10.6. The Labute approximate surface area is 227 Å². The molecule has 12 heteroatoms. The highest BCUT2D eigenvalue weighted by molar-refractivity contribution is 6.43. The minimum Gasteiger partial charge on any atom is -0.464 e. The number of Topliss-reactive ketones (excluding diaryl/α,β-unsaturated/α-hetero) is 3. The Balaban J connectivity index is 0.000000360. The molecule has 0 spiro atoms. The van der Waals surface area contributed by atoms with E-state index in [1.807, 2.05) is 0 Å². The van der Waals surface area contributed by atoms with Gasteiger partial charge in [0.25, 0.3) is 0 Å². The monoisotopic (exact) mass is 578 g/mol. The Morgan fingerprint density at radius 1 is 0.750 bits per heavy atom. The lowest BCUT2D eigenvalue weighted by atomic mass is 10.1. The number of hydrogen-bond acceptors (Lipinski definition) is 8. The summed E-state index contributed by atoms with van der Waals surface area (Å²) in [5.74, 6) is -3.62. The van der Waals surface area contributed by atoms with Gasteiger partial charge < -0.3 is 14.6 Å². The highest BCUT2D eigenvalue weighted by Gasteiger charge is 2.22. The second kappa shape index (κ2) is 15.6. The molecule has 1 unspecified atom stereocenters. The molecular weight excluding hydrogens is 558 g/mol. The first-order chi connectivity index (χ1) is 16.9. The van der Waals surface area contributed by atoms with Gasteiger partial charge in [0.1, 0.15) is 0 Å². The van der Waals surface area contributed by atoms with Gasteiger partial charge in [-0.15, -0.1) is 0 Å². The lowest BCUT2D eigenvalue weighted by molar-refractivity contribution is -0.153. The molecule has 0 aromatic heterocycles. The van der Waals surface area contributed by atoms with Crippen LogP contribution in [-0.4, -0.2) is 53.7 Å². The quantitative estimate of drug-likeness (QED) is 0.176. The van der Waals surface area contributed by atoms with Gasteiger partial charge in [0.05, 0.1) is 39.7 Å². The van der Waals surface area contributed by atoms with Crippen molar-refractivity contribution in [3.05, 3.63) is 67.6 Å². The largest absolute Gasteiger partial charge is 0.464 e. The molecule has 2 aromatic rings. The molecule has 2 aromatic carbocycles. The van der Waals surface area contributed by atoms with E-state index in [2.05, 4.69) is 9.47 Å². The number of carbonyl (C=O) groups is 5. The lowest BCUT2D eigenvalue weighted by Crippen LogP contribution is -2.26. The second-order valence-electron chi connectivity index (χ2n) is 6.90. The van der Waals surface area contributed by atoms with Gasteiger partial charge in [0, 0.05) is 17.5 Å². The first-order valence-corrected chi connectivity index (χ1v) is 11.9. The van der Waals surface area contributed by atoms with Crippen molar-refractivity contribution in [1.29, 1.82) is 0 Å². The highest BCUT2D eigenvalue weighted by Crippen LogP contribution is 2.24. The molecule has 0 saturated heterocycles. The van der Waals surface area contributed by atoms with Crippen molar-refractivity contribution in [3.63, 3.8) is 0 Å². The third kappa shape index (κ3) is 10.2. The fraction of sp³-hybridized carbons (Fsp3) is 0.292. The molecule has 1 N–H and O–H groups in total. The first-order valence-electron chi connectivity index (χ1n) is 10.4. The summed E-state index contributed by atoms with van der Waals surface area (Å²) in [4.78, 5) is 57.0. The number of ether oxygens (including phenoxy) is 2. The molecule has 0 heterocycles. The van der Waals surface area contributed by atoms with Crippen LogP contribution in [0.25, 0.3) is 0 Å². The summed E-state index contributed by atoms with van der Waals surface area (Å²) in [6, 6.07) is 8.60. The van der Waals surface area contributed by atoms with Gasteiger partial charge in [0.2, 0.25) is 5.78 Å². The maximum absolute atomic E-state index is 11.8. The van der Waals surface area contributed by atoms with Crippen molar-refractivity contribution >= 4 is 75.7 Å². The Bertz CT molecular complexity index is 1130. The standard InChI is InChI=1S/C12H12Cl2O4.C12H10Cl2O4/c2*1-2-18-12(17)11(16)6-10(15)7-3-4-8(13)9(14)5-7/h3-5,11,16H,2,6H2,1H3;3-5H,2,6H2,1H3. The van der Waals surface area contributed by atoms with E-state index >= 15 is 0 Å². The maximum atomic E-state index is 11.8. The van der Waals surface area contributed by atoms with Crippen LogP contribution in [0.4, 0.5) is 0 Å². The molecule has 194 valence electrons. The van der Waals surface area contributed by atoms with Crippen LogP contribution in [0.5, 0.6) is 0 Å². The number of aliphatic hydroxyl groups excluding tert-OH is 1. The van der Waals surface area contributed by atoms with Gasteiger partial charge >= 0.3 is 11.9 Å². The average Bonchev–Trinajstić information content (AvgIpc) is 2.83. The Morgan fingerprint density at radius 2 is 1.22 bits per heavy atom. The second-order valence-corrected chi connectivity index (χ2v) is 8.53. The molecule has 8 nitrogen and oxygen atoms in total. The summed E-state index contributed by atoms with van der Waals surface area (Å²) in [6.07, 6.45) is -2.36. The van der Waals surface area contributed by atoms with Crippen LogP contribution in [0.3, 0.4) is 0 Å². The average molecular weight is 580 g/mol. The zero-order valence-electron chi connectivity index (χ0n) is 19.2. The van der Waals surface area contributed by atoms with Crippen molar-refractivity contribution in [2.75, 3.05) is 13.2 Å². The molecule has 36 heavy (non-hydrogen) atoms. The van der Waals surface area contributed by atoms with Crippen molar-refractivity contribution < 1.29 is 38.6 Å². The molecule has 1 atom stereocenters. The van der Waals surface area contributed by atoms with Crippen LogP contribution < -0.4 is 0 Å². The fourth-order valence-electron chi connectivity index (χ4n) is 2.49. The molecule has 2 rings (SSSR count). The topological polar surface area (TPSA) is 124 Å². The van der Waals surface area contributed by atoms with E-state index in [0.717, 1.165) is 0 Å². The van der Waals surface area contributed by atoms with Crippen LogP contribution in [0.2, 0.25) is 20.1 Å². The summed E-state index contributed by atoms with van der Waals surface area (Å²) >= 11 is 22.9. The lowest BCUT2D eigenvalue weighted by Gasteiger charge is -2.09. The van der Waals surface area contributed by atoms with Crippen LogP contribution in [0, 0.1) is 0 Å². The minimum atomic E-state index is -1.47. The number of benzene rings is 2. The normalized spacial score (nSPS) is 11.0. The van der Waals surface area contributed by atoms with Gasteiger partial charge in [-0.25, -0.2) is 9.59 Å². The summed E-state index contributed by atoms with van der Waals surface area (Å²) in [5.41, 5.74) is 0.509. The smallest absolute Gasteiger partial charge is 0.375 e. The van der Waals surface area contributed by atoms with E-state index in [9.17, 15) is 29.1 Å². The SMILES string of the molecule is CCOC(=O)C(=O)CC(=O)c1ccc(Cl)c(Cl)c1.CCOC(=O)C(O)CC(=O)c1ccc(Cl)c(Cl)c1. The van der Waals surface area contributed by atoms with Crippen molar-refractivity contribution in [1.82, 2.24) is 0 Å². The van der Waals surface area contributed by atoms with Gasteiger partial charge in [-0.2, -0.15) is 0 Å². The number of ketones is 3. The number of esters is 2. The van der Waals surface area contributed by atoms with Gasteiger partial charge in [-0.3, -0.25) is 14.4 Å². The van der Waals surface area contributed by atoms with Gasteiger partial charge in [-0.05, 0) is 50.2 Å². The maximum Gasteiger partial charge on any atom is 0.375 e. The van der Waals surface area contributed by atoms with Crippen molar-refractivity contribution in [3.8, 4) is 0 Å². The Morgan fingerprint density at radius 3 is 1.67 bits per heavy atom. The van der Waals surface area contributed by atoms with Crippen LogP contribution in [0.1, 0.15) is 47.4 Å². The molecule has 0 aliphatic heterocycles. The number of rotatable bonds is 10. The molecule has 0 saturated carbocycles. The summed E-state index contributed by atoms with van der Waals surface area (Å²) < 4.78 is 9.09. The van der Waals surface area contributed by atoms with E-state index in [1.54, 1.807) is 13.8 Å². The number of aliphatic hydroxyl groups is 1. The van der Waals surface area contributed by atoms with Crippen molar-refractivity contribution in [2.24, 2.45) is 0 Å². The molecule has 0 radical (unpaired) electrons. The van der Waals surface area contributed by atoms with Gasteiger partial charge in [-0.1, -0.05) is 46.4 Å². The number of carbonyl (C=O) groups excluding carboxylic acids is 5. The zero-order chi connectivity index (χ0) is 27.4. The summed E-state index contributed by atoms with van der Waals surface area (Å²) in [7, 11) is 0. The Kier molecular flexibility index (Phi) is 13.7. The minimum absolute atomic E-state index is 0.0888. The molecular formula is C24H22Cl4O8. The third-order valence-corrected chi connectivity index (χ3v) is 5.72. The zero-order valence-corrected chi connectivity index (χ0v) is 22.2. The third-order valence-electron chi connectivity index (χ3n) is 4.24. The molecule has 0 fully saturated rings. The Hall–Kier alpha value is -2.49. The molecule has 0 bridgehead atoms. The van der Waals surface area contributed by atoms with Crippen molar-refractivity contribution in [2.45, 2.75) is 32.8 Å². The highest BCUT2D eigenvalue weighted by atomic mass is 35.5. The molecule has 0 aliphatic rings. The summed E-state index contributed by atoms with van der Waals surface area (Å²) in [6.45, 7) is 3.43. The van der Waals surface area contributed by atoms with E-state index in [1.165, 1.54) is 36.4 Å². The number of hydrogen-bond donors (Lipinski definition) is 1. The van der Waals surface area contributed by atoms with Crippen LogP contribution >= 0.6 is 46.4 Å². The van der Waals surface area contributed by atoms with E-state index in [4.69, 9.17) is 46.4 Å². The fourth-order valence-corrected chi connectivity index (χ4v) is 3.08. The predicted octanol–water partition coefficient (Wildman–Crippen LogP) is 5.19. The van der Waals surface area contributed by atoms with Gasteiger partial charge in [0.15, 0.2) is 17.7 Å². The number of halogens is 4. The van der Waals surface area contributed by atoms with E-state index in [-0.39, 0.29) is 40.8 Å². The molecule has 0 amide bonds. The van der Waals surface area contributed by atoms with E-state index < -0.39 is 41.8 Å². The van der Waals surface area contributed by atoms with Crippen LogP contribution in [0.15, 0.2) is 36.4 Å².